The second-order valence-electron chi connectivity index (χ2n) is 4.05. The molecule has 0 amide bonds. The molecule has 0 spiro atoms. The molecule has 4 heteroatoms. The van der Waals surface area contributed by atoms with E-state index in [2.05, 4.69) is 4.90 Å². The molecule has 1 atom stereocenters. The Hall–Kier alpha value is -0.220. The lowest BCUT2D eigenvalue weighted by atomic mass is 10.3. The minimum atomic E-state index is -0.111. The smallest absolute Gasteiger partial charge is 0.0679 e. The van der Waals surface area contributed by atoms with Crippen LogP contribution in [0.4, 0.5) is 0 Å². The summed E-state index contributed by atoms with van der Waals surface area (Å²) in [6, 6.07) is 7.94. The second kappa shape index (κ2) is 5.92. The van der Waals surface area contributed by atoms with Crippen molar-refractivity contribution in [2.24, 2.45) is 0 Å². The van der Waals surface area contributed by atoms with Crippen LogP contribution in [0.25, 0.3) is 0 Å². The molecule has 0 unspecified atom stereocenters. The lowest BCUT2D eigenvalue weighted by molar-refractivity contribution is 0.178. The molecule has 0 aromatic heterocycles. The van der Waals surface area contributed by atoms with E-state index in [-0.39, 0.29) is 6.10 Å². The number of aliphatic hydroxyl groups excluding tert-OH is 1. The molecule has 1 aromatic rings. The Morgan fingerprint density at radius 1 is 1.38 bits per heavy atom. The summed E-state index contributed by atoms with van der Waals surface area (Å²) >= 11 is 7.66. The Bertz CT molecular complexity index is 330. The van der Waals surface area contributed by atoms with E-state index in [1.165, 1.54) is 4.90 Å². The maximum atomic E-state index is 9.38. The van der Waals surface area contributed by atoms with Gasteiger partial charge in [0.15, 0.2) is 0 Å². The first-order valence-corrected chi connectivity index (χ1v) is 6.89. The van der Waals surface area contributed by atoms with Gasteiger partial charge in [-0.1, -0.05) is 11.6 Å². The van der Waals surface area contributed by atoms with Crippen molar-refractivity contribution in [1.82, 2.24) is 4.90 Å². The fraction of sp³-hybridized carbons (Fsp3) is 0.500. The summed E-state index contributed by atoms with van der Waals surface area (Å²) in [5.74, 6) is 1.06. The maximum absolute atomic E-state index is 9.38. The fourth-order valence-corrected chi connectivity index (χ4v) is 2.88. The number of hydrogen-bond donors (Lipinski definition) is 1. The van der Waals surface area contributed by atoms with Gasteiger partial charge in [-0.3, -0.25) is 4.90 Å². The highest BCUT2D eigenvalue weighted by atomic mass is 35.5. The number of thioether (sulfide) groups is 1. The van der Waals surface area contributed by atoms with E-state index in [0.29, 0.717) is 0 Å². The van der Waals surface area contributed by atoms with Crippen molar-refractivity contribution in [2.45, 2.75) is 17.4 Å². The standard InChI is InChI=1S/C12H16ClNOS/c13-10-1-3-12(4-2-10)16-8-7-14-6-5-11(15)9-14/h1-4,11,15H,5-9H2/t11-/m1/s1. The van der Waals surface area contributed by atoms with Crippen molar-refractivity contribution >= 4 is 23.4 Å². The predicted molar refractivity (Wildman–Crippen MR) is 69.2 cm³/mol. The maximum Gasteiger partial charge on any atom is 0.0679 e. The summed E-state index contributed by atoms with van der Waals surface area (Å²) in [7, 11) is 0. The van der Waals surface area contributed by atoms with Crippen molar-refractivity contribution < 1.29 is 5.11 Å². The van der Waals surface area contributed by atoms with Gasteiger partial charge >= 0.3 is 0 Å². The Labute approximate surface area is 106 Å². The fourth-order valence-electron chi connectivity index (χ4n) is 1.84. The van der Waals surface area contributed by atoms with Crippen molar-refractivity contribution in [3.63, 3.8) is 0 Å². The van der Waals surface area contributed by atoms with E-state index in [0.717, 1.165) is 36.8 Å². The molecule has 0 aliphatic carbocycles. The molecule has 0 saturated carbocycles. The van der Waals surface area contributed by atoms with Crippen LogP contribution >= 0.6 is 23.4 Å². The first-order chi connectivity index (χ1) is 7.74. The summed E-state index contributed by atoms with van der Waals surface area (Å²) in [4.78, 5) is 3.57. The average Bonchev–Trinajstić information content (AvgIpc) is 2.67. The van der Waals surface area contributed by atoms with Gasteiger partial charge in [0.25, 0.3) is 0 Å². The van der Waals surface area contributed by atoms with Crippen LogP contribution in [0.2, 0.25) is 5.02 Å². The van der Waals surface area contributed by atoms with Crippen LogP contribution in [0.3, 0.4) is 0 Å². The Morgan fingerprint density at radius 3 is 2.75 bits per heavy atom. The Balaban J connectivity index is 1.70. The molecule has 1 N–H and O–H groups in total. The molecule has 88 valence electrons. The van der Waals surface area contributed by atoms with Crippen molar-refractivity contribution in [2.75, 3.05) is 25.4 Å². The second-order valence-corrected chi connectivity index (χ2v) is 5.65. The number of nitrogens with zero attached hydrogens (tertiary/aromatic N) is 1. The van der Waals surface area contributed by atoms with E-state index in [9.17, 15) is 5.11 Å². The first-order valence-electron chi connectivity index (χ1n) is 5.53. The Morgan fingerprint density at radius 2 is 2.12 bits per heavy atom. The van der Waals surface area contributed by atoms with Gasteiger partial charge in [-0.05, 0) is 30.7 Å². The summed E-state index contributed by atoms with van der Waals surface area (Å²) in [6.07, 6.45) is 0.812. The van der Waals surface area contributed by atoms with Crippen molar-refractivity contribution in [1.29, 1.82) is 0 Å². The molecule has 1 aliphatic heterocycles. The third kappa shape index (κ3) is 3.67. The molecule has 1 heterocycles. The van der Waals surface area contributed by atoms with Gasteiger partial charge < -0.3 is 5.11 Å². The van der Waals surface area contributed by atoms with Crippen molar-refractivity contribution in [3.05, 3.63) is 29.3 Å². The first kappa shape index (κ1) is 12.2. The number of hydrogen-bond acceptors (Lipinski definition) is 3. The lowest BCUT2D eigenvalue weighted by Gasteiger charge is -2.13. The summed E-state index contributed by atoms with van der Waals surface area (Å²) in [5, 5.41) is 10.2. The zero-order chi connectivity index (χ0) is 11.4. The highest BCUT2D eigenvalue weighted by Gasteiger charge is 2.19. The van der Waals surface area contributed by atoms with Gasteiger partial charge in [0.05, 0.1) is 6.10 Å². The summed E-state index contributed by atoms with van der Waals surface area (Å²) in [6.45, 7) is 2.91. The molecule has 2 rings (SSSR count). The number of benzene rings is 1. The van der Waals surface area contributed by atoms with Crippen LogP contribution in [-0.2, 0) is 0 Å². The van der Waals surface area contributed by atoms with E-state index >= 15 is 0 Å². The molecule has 16 heavy (non-hydrogen) atoms. The van der Waals surface area contributed by atoms with Crippen LogP contribution < -0.4 is 0 Å². The van der Waals surface area contributed by atoms with Gasteiger partial charge in [-0.15, -0.1) is 11.8 Å². The van der Waals surface area contributed by atoms with E-state index < -0.39 is 0 Å². The minimum absolute atomic E-state index is 0.111. The van der Waals surface area contributed by atoms with Gasteiger partial charge in [-0.2, -0.15) is 0 Å². The topological polar surface area (TPSA) is 23.5 Å². The number of aliphatic hydroxyl groups is 1. The van der Waals surface area contributed by atoms with Crippen LogP contribution in [0.5, 0.6) is 0 Å². The summed E-state index contributed by atoms with van der Waals surface area (Å²) < 4.78 is 0. The van der Waals surface area contributed by atoms with Crippen LogP contribution in [0.1, 0.15) is 6.42 Å². The van der Waals surface area contributed by atoms with Gasteiger partial charge in [0.2, 0.25) is 0 Å². The lowest BCUT2D eigenvalue weighted by Crippen LogP contribution is -2.24. The van der Waals surface area contributed by atoms with E-state index in [1.807, 2.05) is 36.0 Å². The van der Waals surface area contributed by atoms with Gasteiger partial charge in [0.1, 0.15) is 0 Å². The molecule has 0 radical (unpaired) electrons. The quantitative estimate of drug-likeness (QED) is 0.839. The molecule has 0 bridgehead atoms. The zero-order valence-electron chi connectivity index (χ0n) is 9.10. The zero-order valence-corrected chi connectivity index (χ0v) is 10.7. The highest BCUT2D eigenvalue weighted by molar-refractivity contribution is 7.99. The average molecular weight is 258 g/mol. The van der Waals surface area contributed by atoms with E-state index in [1.54, 1.807) is 0 Å². The number of β-amino-alcohol motifs (C(OH)–C–C–N with tert-alkyl or cyclic N) is 1. The molecular weight excluding hydrogens is 242 g/mol. The predicted octanol–water partition coefficient (Wildman–Crippen LogP) is 2.50. The molecule has 1 saturated heterocycles. The van der Waals surface area contributed by atoms with Crippen LogP contribution in [-0.4, -0.2) is 41.5 Å². The third-order valence-electron chi connectivity index (χ3n) is 2.74. The van der Waals surface area contributed by atoms with Crippen LogP contribution in [0.15, 0.2) is 29.2 Å². The number of halogens is 1. The SMILES string of the molecule is O[C@@H]1CCN(CCSc2ccc(Cl)cc2)C1. The molecular formula is C12H16ClNOS. The number of likely N-dealkylation sites (tertiary alicyclic amines) is 1. The highest BCUT2D eigenvalue weighted by Crippen LogP contribution is 2.20. The monoisotopic (exact) mass is 257 g/mol. The normalized spacial score (nSPS) is 21.5. The van der Waals surface area contributed by atoms with Gasteiger partial charge in [0, 0.05) is 35.3 Å². The molecule has 1 aromatic carbocycles. The Kier molecular flexibility index (Phi) is 4.53. The third-order valence-corrected chi connectivity index (χ3v) is 3.98. The largest absolute Gasteiger partial charge is 0.392 e. The minimum Gasteiger partial charge on any atom is -0.392 e. The number of rotatable bonds is 4. The summed E-state index contributed by atoms with van der Waals surface area (Å²) in [5.41, 5.74) is 0. The van der Waals surface area contributed by atoms with Crippen molar-refractivity contribution in [3.8, 4) is 0 Å². The molecule has 1 fully saturated rings. The molecule has 2 nitrogen and oxygen atoms in total. The van der Waals surface area contributed by atoms with E-state index in [4.69, 9.17) is 11.6 Å². The van der Waals surface area contributed by atoms with Gasteiger partial charge in [-0.25, -0.2) is 0 Å². The molecule has 1 aliphatic rings. The van der Waals surface area contributed by atoms with Crippen LogP contribution in [0, 0.1) is 0 Å².